The first-order valence-electron chi connectivity index (χ1n) is 16.3. The maximum absolute atomic E-state index is 11.2. The fourth-order valence-corrected chi connectivity index (χ4v) is 5.41. The normalized spacial score (nSPS) is 11.4. The topological polar surface area (TPSA) is 49.7 Å². The van der Waals surface area contributed by atoms with E-state index in [0.29, 0.717) is 12.4 Å². The first-order chi connectivity index (χ1) is 18.1. The van der Waals surface area contributed by atoms with E-state index in [9.17, 15) is 10.2 Å². The molecule has 3 heteroatoms. The van der Waals surface area contributed by atoms with Gasteiger partial charge in [0, 0.05) is 11.1 Å². The molecule has 0 aliphatic rings. The van der Waals surface area contributed by atoms with Crippen molar-refractivity contribution in [2.45, 2.75) is 175 Å². The van der Waals surface area contributed by atoms with Crippen LogP contribution in [-0.4, -0.2) is 16.8 Å². The van der Waals surface area contributed by atoms with Crippen molar-refractivity contribution in [2.75, 3.05) is 6.61 Å². The number of phenolic OH excluding ortho intramolecular Hbond substituents is 2. The Labute approximate surface area is 230 Å². The molecule has 0 fully saturated rings. The zero-order valence-electron chi connectivity index (χ0n) is 25.3. The third-order valence-electron chi connectivity index (χ3n) is 7.81. The van der Waals surface area contributed by atoms with Crippen molar-refractivity contribution in [3.8, 4) is 17.2 Å². The number of aromatic hydroxyl groups is 2. The molecule has 0 aliphatic heterocycles. The molecule has 0 bridgehead atoms. The number of phenols is 2. The minimum absolute atomic E-state index is 0.00948. The van der Waals surface area contributed by atoms with E-state index >= 15 is 0 Å². The molecule has 37 heavy (non-hydrogen) atoms. The second kappa shape index (κ2) is 22.6. The number of benzene rings is 1. The highest BCUT2D eigenvalue weighted by Gasteiger charge is 2.24. The number of rotatable bonds is 25. The molecule has 0 amide bonds. The van der Waals surface area contributed by atoms with Crippen molar-refractivity contribution in [1.82, 2.24) is 0 Å². The molecule has 0 saturated carbocycles. The number of ether oxygens (including phenoxy) is 1. The van der Waals surface area contributed by atoms with Gasteiger partial charge in [0.15, 0.2) is 11.5 Å². The van der Waals surface area contributed by atoms with Crippen LogP contribution in [0.2, 0.25) is 0 Å². The van der Waals surface area contributed by atoms with Crippen molar-refractivity contribution >= 4 is 0 Å². The van der Waals surface area contributed by atoms with Gasteiger partial charge in [-0.1, -0.05) is 130 Å². The van der Waals surface area contributed by atoms with Crippen molar-refractivity contribution < 1.29 is 14.9 Å². The first-order valence-corrected chi connectivity index (χ1v) is 16.3. The van der Waals surface area contributed by atoms with Gasteiger partial charge in [-0.05, 0) is 50.5 Å². The predicted octanol–water partition coefficient (Wildman–Crippen LogP) is 11.0. The Hall–Kier alpha value is -1.38. The Morgan fingerprint density at radius 3 is 1.24 bits per heavy atom. The summed E-state index contributed by atoms with van der Waals surface area (Å²) in [5.41, 5.74) is 3.49. The highest BCUT2D eigenvalue weighted by atomic mass is 16.5. The van der Waals surface area contributed by atoms with Gasteiger partial charge in [-0.25, -0.2) is 0 Å². The number of unbranched alkanes of at least 4 members (excludes halogenated alkanes) is 16. The molecule has 0 aromatic heterocycles. The molecule has 2 N–H and O–H groups in total. The largest absolute Gasteiger partial charge is 0.504 e. The molecule has 0 atom stereocenters. The molecule has 1 aromatic carbocycles. The van der Waals surface area contributed by atoms with Gasteiger partial charge in [-0.2, -0.15) is 0 Å². The summed E-state index contributed by atoms with van der Waals surface area (Å²) < 4.78 is 6.20. The predicted molar refractivity (Wildman–Crippen MR) is 161 cm³/mol. The van der Waals surface area contributed by atoms with Crippen LogP contribution in [-0.2, 0) is 19.3 Å². The van der Waals surface area contributed by atoms with Gasteiger partial charge in [0.1, 0.15) is 0 Å². The van der Waals surface area contributed by atoms with E-state index in [-0.39, 0.29) is 11.5 Å². The third kappa shape index (κ3) is 13.8. The van der Waals surface area contributed by atoms with Crippen molar-refractivity contribution in [3.05, 3.63) is 16.7 Å². The van der Waals surface area contributed by atoms with E-state index in [2.05, 4.69) is 27.7 Å². The molecular formula is C34H62O3. The SMILES string of the molecule is CCCCCCCCc1c(O)c(O)c(OCCCC)c(CCCCCCCC)c1CCCCCCCC. The summed E-state index contributed by atoms with van der Waals surface area (Å²) in [4.78, 5) is 0. The van der Waals surface area contributed by atoms with Crippen LogP contribution in [0.25, 0.3) is 0 Å². The lowest BCUT2D eigenvalue weighted by Gasteiger charge is -2.23. The van der Waals surface area contributed by atoms with Crippen LogP contribution in [0.15, 0.2) is 0 Å². The molecule has 216 valence electrons. The second-order valence-corrected chi connectivity index (χ2v) is 11.2. The average molecular weight is 519 g/mol. The summed E-state index contributed by atoms with van der Waals surface area (Å²) >= 11 is 0. The van der Waals surface area contributed by atoms with E-state index in [1.54, 1.807) is 0 Å². The lowest BCUT2D eigenvalue weighted by atomic mass is 9.88. The van der Waals surface area contributed by atoms with Crippen molar-refractivity contribution in [1.29, 1.82) is 0 Å². The zero-order valence-corrected chi connectivity index (χ0v) is 25.3. The first kappa shape index (κ1) is 33.6. The van der Waals surface area contributed by atoms with Crippen LogP contribution in [0.1, 0.15) is 173 Å². The third-order valence-corrected chi connectivity index (χ3v) is 7.81. The smallest absolute Gasteiger partial charge is 0.201 e. The van der Waals surface area contributed by atoms with Crippen LogP contribution in [0.5, 0.6) is 17.2 Å². The molecule has 0 radical (unpaired) electrons. The molecular weight excluding hydrogens is 456 g/mol. The summed E-state index contributed by atoms with van der Waals surface area (Å²) in [6.07, 6.45) is 27.3. The molecule has 3 nitrogen and oxygen atoms in total. The highest BCUT2D eigenvalue weighted by molar-refractivity contribution is 5.62. The molecule has 0 heterocycles. The highest BCUT2D eigenvalue weighted by Crippen LogP contribution is 2.46. The molecule has 0 unspecified atom stereocenters. The van der Waals surface area contributed by atoms with Gasteiger partial charge >= 0.3 is 0 Å². The monoisotopic (exact) mass is 518 g/mol. The molecule has 0 saturated heterocycles. The standard InChI is InChI=1S/C34H62O3/c1-5-9-13-16-19-22-25-29-30(26-23-20-17-14-10-6-2)32(35)33(36)34(37-28-12-8-4)31(29)27-24-21-18-15-11-7-3/h35-36H,5-28H2,1-4H3. The fraction of sp³-hybridized carbons (Fsp3) is 0.824. The Morgan fingerprint density at radius 2 is 0.784 bits per heavy atom. The summed E-state index contributed by atoms with van der Waals surface area (Å²) in [5.74, 6) is 0.657. The average Bonchev–Trinajstić information content (AvgIpc) is 2.90. The van der Waals surface area contributed by atoms with Crippen LogP contribution < -0.4 is 4.74 Å². The van der Waals surface area contributed by atoms with E-state index in [1.807, 2.05) is 0 Å². The molecule has 0 spiro atoms. The summed E-state index contributed by atoms with van der Waals surface area (Å²) in [6, 6.07) is 0. The molecule has 0 aliphatic carbocycles. The van der Waals surface area contributed by atoms with Crippen LogP contribution in [0, 0.1) is 0 Å². The maximum Gasteiger partial charge on any atom is 0.201 e. The van der Waals surface area contributed by atoms with Crippen molar-refractivity contribution in [3.63, 3.8) is 0 Å². The van der Waals surface area contributed by atoms with E-state index in [1.165, 1.54) is 107 Å². The molecule has 1 aromatic rings. The van der Waals surface area contributed by atoms with E-state index in [4.69, 9.17) is 4.74 Å². The minimum atomic E-state index is -0.00948. The van der Waals surface area contributed by atoms with Crippen molar-refractivity contribution in [2.24, 2.45) is 0 Å². The summed E-state index contributed by atoms with van der Waals surface area (Å²) in [7, 11) is 0. The van der Waals surface area contributed by atoms with Gasteiger partial charge < -0.3 is 14.9 Å². The van der Waals surface area contributed by atoms with E-state index < -0.39 is 0 Å². The lowest BCUT2D eigenvalue weighted by molar-refractivity contribution is 0.282. The maximum atomic E-state index is 11.2. The second-order valence-electron chi connectivity index (χ2n) is 11.2. The number of hydrogen-bond donors (Lipinski definition) is 2. The summed E-state index contributed by atoms with van der Waals surface area (Å²) in [6.45, 7) is 9.54. The zero-order chi connectivity index (χ0) is 27.1. The van der Waals surface area contributed by atoms with E-state index in [0.717, 1.165) is 56.9 Å². The van der Waals surface area contributed by atoms with Crippen LogP contribution >= 0.6 is 0 Å². The van der Waals surface area contributed by atoms with Gasteiger partial charge in [0.2, 0.25) is 5.75 Å². The van der Waals surface area contributed by atoms with Gasteiger partial charge in [0.25, 0.3) is 0 Å². The Kier molecular flexibility index (Phi) is 20.5. The van der Waals surface area contributed by atoms with Gasteiger partial charge in [-0.3, -0.25) is 0 Å². The molecule has 1 rings (SSSR count). The minimum Gasteiger partial charge on any atom is -0.504 e. The van der Waals surface area contributed by atoms with Crippen LogP contribution in [0.3, 0.4) is 0 Å². The van der Waals surface area contributed by atoms with Gasteiger partial charge in [-0.15, -0.1) is 0 Å². The quantitative estimate of drug-likeness (QED) is 0.0999. The van der Waals surface area contributed by atoms with Gasteiger partial charge in [0.05, 0.1) is 6.61 Å². The Morgan fingerprint density at radius 1 is 0.405 bits per heavy atom. The summed E-state index contributed by atoms with van der Waals surface area (Å²) in [5, 5.41) is 22.3. The fourth-order valence-electron chi connectivity index (χ4n) is 5.41. The Bertz CT molecular complexity index is 682. The number of hydrogen-bond acceptors (Lipinski definition) is 3. The Balaban J connectivity index is 3.14. The lowest BCUT2D eigenvalue weighted by Crippen LogP contribution is -2.08. The van der Waals surface area contributed by atoms with Crippen LogP contribution in [0.4, 0.5) is 0 Å².